The molecule has 0 spiro atoms. The Kier molecular flexibility index (Phi) is 5.48. The molecular formula is C20H25N3O4S. The van der Waals surface area contributed by atoms with E-state index in [9.17, 15) is 13.2 Å². The third kappa shape index (κ3) is 4.60. The zero-order valence-corrected chi connectivity index (χ0v) is 16.6. The van der Waals surface area contributed by atoms with E-state index in [1.807, 2.05) is 0 Å². The summed E-state index contributed by atoms with van der Waals surface area (Å²) in [5.41, 5.74) is 0. The van der Waals surface area contributed by atoms with E-state index < -0.39 is 9.84 Å². The van der Waals surface area contributed by atoms with Crippen molar-refractivity contribution in [1.29, 1.82) is 0 Å². The Labute approximate surface area is 165 Å². The summed E-state index contributed by atoms with van der Waals surface area (Å²) in [4.78, 5) is 19.1. The van der Waals surface area contributed by atoms with E-state index >= 15 is 0 Å². The monoisotopic (exact) mass is 403 g/mol. The van der Waals surface area contributed by atoms with Crippen LogP contribution in [0.25, 0.3) is 0 Å². The van der Waals surface area contributed by atoms with Gasteiger partial charge in [-0.2, -0.15) is 4.98 Å². The third-order valence-electron chi connectivity index (χ3n) is 5.45. The first-order valence-electron chi connectivity index (χ1n) is 9.89. The number of carbonyl (C=O) groups excluding carboxylic acids is 1. The minimum absolute atomic E-state index is 0.0103. The average molecular weight is 404 g/mol. The van der Waals surface area contributed by atoms with Gasteiger partial charge < -0.3 is 9.42 Å². The molecule has 28 heavy (non-hydrogen) atoms. The lowest BCUT2D eigenvalue weighted by molar-refractivity contribution is -0.132. The van der Waals surface area contributed by atoms with Gasteiger partial charge in [0, 0.05) is 31.8 Å². The zero-order chi connectivity index (χ0) is 19.6. The highest BCUT2D eigenvalue weighted by Gasteiger charge is 2.30. The number of hydrogen-bond acceptors (Lipinski definition) is 6. The fourth-order valence-corrected chi connectivity index (χ4v) is 4.94. The molecule has 0 bridgehead atoms. The van der Waals surface area contributed by atoms with E-state index in [-0.39, 0.29) is 28.9 Å². The van der Waals surface area contributed by atoms with Crippen LogP contribution in [-0.2, 0) is 21.1 Å². The highest BCUT2D eigenvalue weighted by Crippen LogP contribution is 2.38. The number of rotatable bonds is 7. The van der Waals surface area contributed by atoms with Crippen molar-refractivity contribution >= 4 is 15.7 Å². The maximum atomic E-state index is 12.6. The molecule has 2 aromatic rings. The molecule has 1 saturated heterocycles. The molecule has 2 aliphatic rings. The van der Waals surface area contributed by atoms with Crippen LogP contribution in [0.1, 0.15) is 49.7 Å². The Bertz CT molecular complexity index is 922. The van der Waals surface area contributed by atoms with Crippen LogP contribution in [-0.4, -0.2) is 48.2 Å². The minimum atomic E-state index is -3.44. The van der Waals surface area contributed by atoms with Crippen LogP contribution >= 0.6 is 0 Å². The molecule has 0 unspecified atom stereocenters. The van der Waals surface area contributed by atoms with E-state index in [1.165, 1.54) is 0 Å². The van der Waals surface area contributed by atoms with E-state index in [0.717, 1.165) is 31.5 Å². The normalized spacial score (nSPS) is 20.3. The Morgan fingerprint density at radius 2 is 1.96 bits per heavy atom. The Balaban J connectivity index is 1.30. The molecule has 1 aliphatic heterocycles. The maximum absolute atomic E-state index is 12.6. The zero-order valence-electron chi connectivity index (χ0n) is 15.8. The van der Waals surface area contributed by atoms with Crippen molar-refractivity contribution in [2.45, 2.75) is 49.3 Å². The average Bonchev–Trinajstić information content (AvgIpc) is 3.46. The molecule has 150 valence electrons. The second-order valence-corrected chi connectivity index (χ2v) is 9.86. The van der Waals surface area contributed by atoms with E-state index in [2.05, 4.69) is 10.1 Å². The molecule has 4 rings (SSSR count). The minimum Gasteiger partial charge on any atom is -0.342 e. The summed E-state index contributed by atoms with van der Waals surface area (Å²) in [7, 11) is -3.44. The third-order valence-corrected chi connectivity index (χ3v) is 7.18. The van der Waals surface area contributed by atoms with E-state index in [1.54, 1.807) is 35.2 Å². The molecule has 2 heterocycles. The van der Waals surface area contributed by atoms with Crippen LogP contribution in [0.15, 0.2) is 39.8 Å². The number of piperidine rings is 1. The van der Waals surface area contributed by atoms with Gasteiger partial charge in [-0.15, -0.1) is 0 Å². The van der Waals surface area contributed by atoms with Gasteiger partial charge in [-0.05, 0) is 43.7 Å². The van der Waals surface area contributed by atoms with Gasteiger partial charge in [-0.25, -0.2) is 8.42 Å². The number of sulfone groups is 1. The van der Waals surface area contributed by atoms with Gasteiger partial charge in [0.15, 0.2) is 15.7 Å². The van der Waals surface area contributed by atoms with Crippen molar-refractivity contribution in [3.63, 3.8) is 0 Å². The molecule has 0 radical (unpaired) electrons. The van der Waals surface area contributed by atoms with Gasteiger partial charge in [0.25, 0.3) is 0 Å². The first kappa shape index (κ1) is 19.1. The second kappa shape index (κ2) is 8.03. The summed E-state index contributed by atoms with van der Waals surface area (Å²) in [5, 5.41) is 4.05. The largest absolute Gasteiger partial charge is 0.342 e. The molecule has 1 aromatic heterocycles. The van der Waals surface area contributed by atoms with E-state index in [4.69, 9.17) is 4.52 Å². The SMILES string of the molecule is O=C(CCS(=O)(=O)c1ccccc1)N1CCC[C@@H](Cc2nc(C3CC3)no2)C1. The fourth-order valence-electron chi connectivity index (χ4n) is 3.69. The van der Waals surface area contributed by atoms with Gasteiger partial charge in [-0.1, -0.05) is 23.4 Å². The second-order valence-electron chi connectivity index (χ2n) is 7.75. The number of amides is 1. The van der Waals surface area contributed by atoms with E-state index in [0.29, 0.717) is 31.3 Å². The van der Waals surface area contributed by atoms with Gasteiger partial charge >= 0.3 is 0 Å². The molecule has 2 fully saturated rings. The van der Waals surface area contributed by atoms with Crippen LogP contribution in [0.2, 0.25) is 0 Å². The van der Waals surface area contributed by atoms with Crippen LogP contribution in [0.5, 0.6) is 0 Å². The summed E-state index contributed by atoms with van der Waals surface area (Å²) >= 11 is 0. The number of likely N-dealkylation sites (tertiary alicyclic amines) is 1. The first-order chi connectivity index (χ1) is 13.5. The molecular weight excluding hydrogens is 378 g/mol. The van der Waals surface area contributed by atoms with Crippen LogP contribution in [0.4, 0.5) is 0 Å². The smallest absolute Gasteiger partial charge is 0.226 e. The fraction of sp³-hybridized carbons (Fsp3) is 0.550. The Morgan fingerprint density at radius 3 is 2.71 bits per heavy atom. The number of benzene rings is 1. The van der Waals surface area contributed by atoms with Gasteiger partial charge in [0.1, 0.15) is 0 Å². The molecule has 1 aromatic carbocycles. The van der Waals surface area contributed by atoms with Crippen LogP contribution in [0, 0.1) is 5.92 Å². The number of aromatic nitrogens is 2. The van der Waals surface area contributed by atoms with Crippen molar-refractivity contribution in [2.24, 2.45) is 5.92 Å². The molecule has 1 amide bonds. The summed E-state index contributed by atoms with van der Waals surface area (Å²) in [6.07, 6.45) is 4.87. The molecule has 8 heteroatoms. The predicted molar refractivity (Wildman–Crippen MR) is 102 cm³/mol. The molecule has 1 saturated carbocycles. The molecule has 0 N–H and O–H groups in total. The quantitative estimate of drug-likeness (QED) is 0.705. The maximum Gasteiger partial charge on any atom is 0.226 e. The van der Waals surface area contributed by atoms with Gasteiger partial charge in [0.2, 0.25) is 11.8 Å². The molecule has 7 nitrogen and oxygen atoms in total. The summed E-state index contributed by atoms with van der Waals surface area (Å²) in [6.45, 7) is 1.29. The number of nitrogens with zero attached hydrogens (tertiary/aromatic N) is 3. The first-order valence-corrected chi connectivity index (χ1v) is 11.5. The highest BCUT2D eigenvalue weighted by molar-refractivity contribution is 7.91. The summed E-state index contributed by atoms with van der Waals surface area (Å²) < 4.78 is 30.1. The lowest BCUT2D eigenvalue weighted by atomic mass is 9.94. The highest BCUT2D eigenvalue weighted by atomic mass is 32.2. The Morgan fingerprint density at radius 1 is 1.18 bits per heavy atom. The lowest BCUT2D eigenvalue weighted by Gasteiger charge is -2.32. The Hall–Kier alpha value is -2.22. The van der Waals surface area contributed by atoms with Crippen LogP contribution in [0.3, 0.4) is 0 Å². The van der Waals surface area contributed by atoms with Crippen molar-refractivity contribution in [3.8, 4) is 0 Å². The van der Waals surface area contributed by atoms with Crippen molar-refractivity contribution in [2.75, 3.05) is 18.8 Å². The van der Waals surface area contributed by atoms with Crippen LogP contribution < -0.4 is 0 Å². The van der Waals surface area contributed by atoms with Crippen molar-refractivity contribution in [1.82, 2.24) is 15.0 Å². The number of hydrogen-bond donors (Lipinski definition) is 0. The molecule has 1 atom stereocenters. The van der Waals surface area contributed by atoms with Crippen molar-refractivity contribution < 1.29 is 17.7 Å². The number of carbonyl (C=O) groups is 1. The summed E-state index contributed by atoms with van der Waals surface area (Å²) in [6, 6.07) is 8.29. The van der Waals surface area contributed by atoms with Gasteiger partial charge in [-0.3, -0.25) is 4.79 Å². The lowest BCUT2D eigenvalue weighted by Crippen LogP contribution is -2.41. The topological polar surface area (TPSA) is 93.4 Å². The van der Waals surface area contributed by atoms with Crippen molar-refractivity contribution in [3.05, 3.63) is 42.0 Å². The molecule has 1 aliphatic carbocycles. The van der Waals surface area contributed by atoms with Gasteiger partial charge in [0.05, 0.1) is 10.6 Å². The summed E-state index contributed by atoms with van der Waals surface area (Å²) in [5.74, 6) is 1.93. The standard InChI is InChI=1S/C20H25N3O4S/c24-19(10-12-28(25,26)17-6-2-1-3-7-17)23-11-4-5-15(14-23)13-18-21-20(22-27-18)16-8-9-16/h1-3,6-7,15-16H,4-5,8-14H2/t15-/m0/s1. The predicted octanol–water partition coefficient (Wildman–Crippen LogP) is 2.59.